The van der Waals surface area contributed by atoms with E-state index in [1.165, 1.54) is 24.5 Å². The van der Waals surface area contributed by atoms with Gasteiger partial charge >= 0.3 is 0 Å². The van der Waals surface area contributed by atoms with Crippen LogP contribution in [0.5, 0.6) is 17.2 Å². The minimum Gasteiger partial charge on any atom is -0.493 e. The van der Waals surface area contributed by atoms with Crippen molar-refractivity contribution in [2.24, 2.45) is 0 Å². The SMILES string of the molecule is CCCc1nnc(NC(=O)/C(C#N)=C\c2ccc(OCCOc3ccccc3)c(OC)c2)s1. The van der Waals surface area contributed by atoms with Gasteiger partial charge in [0.15, 0.2) is 11.5 Å². The monoisotopic (exact) mass is 464 g/mol. The van der Waals surface area contributed by atoms with Gasteiger partial charge in [-0.2, -0.15) is 5.26 Å². The van der Waals surface area contributed by atoms with Crippen LogP contribution < -0.4 is 19.5 Å². The lowest BCUT2D eigenvalue weighted by Crippen LogP contribution is -2.13. The first-order chi connectivity index (χ1) is 16.1. The maximum absolute atomic E-state index is 12.5. The largest absolute Gasteiger partial charge is 0.493 e. The number of carbonyl (C=O) groups is 1. The molecule has 0 atom stereocenters. The number of nitriles is 1. The quantitative estimate of drug-likeness (QED) is 0.253. The van der Waals surface area contributed by atoms with Crippen LogP contribution in [0.4, 0.5) is 5.13 Å². The summed E-state index contributed by atoms with van der Waals surface area (Å²) in [7, 11) is 1.53. The van der Waals surface area contributed by atoms with Crippen molar-refractivity contribution in [3.05, 3.63) is 64.7 Å². The Labute approximate surface area is 196 Å². The summed E-state index contributed by atoms with van der Waals surface area (Å²) in [6.07, 6.45) is 3.21. The van der Waals surface area contributed by atoms with Crippen molar-refractivity contribution in [2.75, 3.05) is 25.6 Å². The van der Waals surface area contributed by atoms with Crippen molar-refractivity contribution in [3.8, 4) is 23.3 Å². The fourth-order valence-corrected chi connectivity index (χ4v) is 3.66. The number of rotatable bonds is 11. The molecule has 0 aliphatic rings. The topological polar surface area (TPSA) is 106 Å². The van der Waals surface area contributed by atoms with E-state index in [9.17, 15) is 10.1 Å². The Hall–Kier alpha value is -3.90. The smallest absolute Gasteiger partial charge is 0.268 e. The maximum Gasteiger partial charge on any atom is 0.268 e. The first-order valence-electron chi connectivity index (χ1n) is 10.4. The summed E-state index contributed by atoms with van der Waals surface area (Å²) in [5.74, 6) is 1.24. The number of nitrogens with one attached hydrogen (secondary N) is 1. The van der Waals surface area contributed by atoms with Crippen molar-refractivity contribution < 1.29 is 19.0 Å². The third-order valence-electron chi connectivity index (χ3n) is 4.37. The van der Waals surface area contributed by atoms with Gasteiger partial charge in [-0.25, -0.2) is 0 Å². The Morgan fingerprint density at radius 3 is 2.64 bits per heavy atom. The summed E-state index contributed by atoms with van der Waals surface area (Å²) in [6, 6.07) is 16.6. The second kappa shape index (κ2) is 12.2. The van der Waals surface area contributed by atoms with Crippen LogP contribution in [0, 0.1) is 11.3 Å². The number of benzene rings is 2. The highest BCUT2D eigenvalue weighted by molar-refractivity contribution is 7.15. The fourth-order valence-electron chi connectivity index (χ4n) is 2.82. The number of aromatic nitrogens is 2. The van der Waals surface area contributed by atoms with Gasteiger partial charge in [0.25, 0.3) is 5.91 Å². The highest BCUT2D eigenvalue weighted by Crippen LogP contribution is 2.29. The third-order valence-corrected chi connectivity index (χ3v) is 5.27. The Kier molecular flexibility index (Phi) is 8.79. The first-order valence-corrected chi connectivity index (χ1v) is 11.2. The van der Waals surface area contributed by atoms with Crippen molar-refractivity contribution >= 4 is 28.5 Å². The lowest BCUT2D eigenvalue weighted by molar-refractivity contribution is -0.112. The van der Waals surface area contributed by atoms with Gasteiger partial charge < -0.3 is 14.2 Å². The van der Waals surface area contributed by atoms with Crippen LogP contribution in [-0.2, 0) is 11.2 Å². The van der Waals surface area contributed by atoms with Gasteiger partial charge in [-0.05, 0) is 42.3 Å². The number of para-hydroxylation sites is 1. The van der Waals surface area contributed by atoms with Gasteiger partial charge in [-0.3, -0.25) is 10.1 Å². The average Bonchev–Trinajstić information content (AvgIpc) is 3.28. The van der Waals surface area contributed by atoms with E-state index >= 15 is 0 Å². The van der Waals surface area contributed by atoms with Crippen molar-refractivity contribution in [3.63, 3.8) is 0 Å². The molecule has 0 saturated heterocycles. The summed E-state index contributed by atoms with van der Waals surface area (Å²) in [4.78, 5) is 12.5. The molecule has 1 aromatic heterocycles. The summed E-state index contributed by atoms with van der Waals surface area (Å²) in [5, 5.41) is 21.3. The van der Waals surface area contributed by atoms with Gasteiger partial charge in [-0.1, -0.05) is 42.5 Å². The predicted molar refractivity (Wildman–Crippen MR) is 127 cm³/mol. The molecule has 0 unspecified atom stereocenters. The van der Waals surface area contributed by atoms with Crippen LogP contribution in [0.2, 0.25) is 0 Å². The molecule has 170 valence electrons. The zero-order valence-electron chi connectivity index (χ0n) is 18.4. The molecule has 3 rings (SSSR count). The summed E-state index contributed by atoms with van der Waals surface area (Å²) in [5.41, 5.74) is 0.560. The molecule has 0 radical (unpaired) electrons. The zero-order chi connectivity index (χ0) is 23.5. The summed E-state index contributed by atoms with van der Waals surface area (Å²) in [6.45, 7) is 2.74. The minimum absolute atomic E-state index is 0.0609. The zero-order valence-corrected chi connectivity index (χ0v) is 19.2. The van der Waals surface area contributed by atoms with Gasteiger partial charge in [0.05, 0.1) is 7.11 Å². The molecule has 0 aliphatic carbocycles. The second-order valence-corrected chi connectivity index (χ2v) is 7.86. The molecule has 0 bridgehead atoms. The molecule has 2 aromatic carbocycles. The van der Waals surface area contributed by atoms with E-state index in [4.69, 9.17) is 14.2 Å². The van der Waals surface area contributed by atoms with E-state index in [1.807, 2.05) is 43.3 Å². The van der Waals surface area contributed by atoms with Crippen molar-refractivity contribution in [1.82, 2.24) is 10.2 Å². The number of anilines is 1. The van der Waals surface area contributed by atoms with Crippen LogP contribution in [0.1, 0.15) is 23.9 Å². The minimum atomic E-state index is -0.547. The standard InChI is InChI=1S/C24H24N4O4S/c1-3-7-22-27-28-24(33-22)26-23(29)18(16-25)14-17-10-11-20(21(15-17)30-2)32-13-12-31-19-8-5-4-6-9-19/h4-6,8-11,14-15H,3,7,12-13H2,1-2H3,(H,26,28,29)/b18-14-. The Morgan fingerprint density at radius 2 is 1.91 bits per heavy atom. The van der Waals surface area contributed by atoms with Crippen molar-refractivity contribution in [2.45, 2.75) is 19.8 Å². The second-order valence-electron chi connectivity index (χ2n) is 6.80. The summed E-state index contributed by atoms with van der Waals surface area (Å²) >= 11 is 1.30. The molecule has 0 fully saturated rings. The number of amides is 1. The van der Waals surface area contributed by atoms with Gasteiger partial charge in [0, 0.05) is 6.42 Å². The molecule has 1 N–H and O–H groups in total. The lowest BCUT2D eigenvalue weighted by atomic mass is 10.1. The first kappa shape index (κ1) is 23.8. The van der Waals surface area contributed by atoms with Crippen LogP contribution in [0.3, 0.4) is 0 Å². The molecule has 1 heterocycles. The molecule has 33 heavy (non-hydrogen) atoms. The predicted octanol–water partition coefficient (Wildman–Crippen LogP) is 4.50. The molecule has 0 saturated carbocycles. The Balaban J connectivity index is 1.62. The van der Waals surface area contributed by atoms with Crippen LogP contribution >= 0.6 is 11.3 Å². The average molecular weight is 465 g/mol. The number of hydrogen-bond donors (Lipinski definition) is 1. The van der Waals surface area contributed by atoms with E-state index < -0.39 is 5.91 Å². The third kappa shape index (κ3) is 7.05. The highest BCUT2D eigenvalue weighted by Gasteiger charge is 2.14. The molecular weight excluding hydrogens is 440 g/mol. The van der Waals surface area contributed by atoms with Crippen LogP contribution in [-0.4, -0.2) is 36.4 Å². The molecule has 9 heteroatoms. The van der Waals surface area contributed by atoms with E-state index in [-0.39, 0.29) is 5.57 Å². The summed E-state index contributed by atoms with van der Waals surface area (Å²) < 4.78 is 16.8. The Bertz CT molecular complexity index is 1140. The number of nitrogens with zero attached hydrogens (tertiary/aromatic N) is 3. The molecule has 3 aromatic rings. The number of ether oxygens (including phenoxy) is 3. The normalized spacial score (nSPS) is 10.9. The van der Waals surface area contributed by atoms with Crippen LogP contribution in [0.25, 0.3) is 6.08 Å². The number of hydrogen-bond acceptors (Lipinski definition) is 8. The molecular formula is C24H24N4O4S. The van der Waals surface area contributed by atoms with Gasteiger partial charge in [0.2, 0.25) is 5.13 Å². The molecule has 0 spiro atoms. The van der Waals surface area contributed by atoms with E-state index in [0.717, 1.165) is 23.6 Å². The Morgan fingerprint density at radius 1 is 1.12 bits per heavy atom. The van der Waals surface area contributed by atoms with Crippen LogP contribution in [0.15, 0.2) is 54.1 Å². The number of carbonyl (C=O) groups excluding carboxylic acids is 1. The van der Waals surface area contributed by atoms with Gasteiger partial charge in [-0.15, -0.1) is 10.2 Å². The highest BCUT2D eigenvalue weighted by atomic mass is 32.1. The number of aryl methyl sites for hydroxylation is 1. The molecule has 8 nitrogen and oxygen atoms in total. The lowest BCUT2D eigenvalue weighted by Gasteiger charge is -2.12. The molecule has 1 amide bonds. The fraction of sp³-hybridized carbons (Fsp3) is 0.250. The molecule has 0 aliphatic heterocycles. The van der Waals surface area contributed by atoms with Gasteiger partial charge in [0.1, 0.15) is 35.6 Å². The maximum atomic E-state index is 12.5. The number of methoxy groups -OCH3 is 1. The van der Waals surface area contributed by atoms with Crippen molar-refractivity contribution in [1.29, 1.82) is 5.26 Å². The van der Waals surface area contributed by atoms with E-state index in [1.54, 1.807) is 18.2 Å². The van der Waals surface area contributed by atoms with E-state index in [2.05, 4.69) is 15.5 Å². The van der Waals surface area contributed by atoms with E-state index in [0.29, 0.717) is 35.4 Å².